The van der Waals surface area contributed by atoms with Gasteiger partial charge in [-0.15, -0.1) is 11.3 Å². The number of Topliss-reactive ketones (excluding diaryl/α,β-unsaturated/α-hetero) is 1. The van der Waals surface area contributed by atoms with Crippen LogP contribution in [0.1, 0.15) is 47.2 Å². The van der Waals surface area contributed by atoms with Gasteiger partial charge in [-0.25, -0.2) is 0 Å². The maximum Gasteiger partial charge on any atom is 0.198 e. The fourth-order valence-corrected chi connectivity index (χ4v) is 3.16. The third-order valence-electron chi connectivity index (χ3n) is 3.48. The summed E-state index contributed by atoms with van der Waals surface area (Å²) in [6.45, 7) is 4.49. The van der Waals surface area contributed by atoms with Gasteiger partial charge in [-0.05, 0) is 37.8 Å². The van der Waals surface area contributed by atoms with Crippen LogP contribution < -0.4 is 0 Å². The summed E-state index contributed by atoms with van der Waals surface area (Å²) < 4.78 is 5.78. The Labute approximate surface area is 107 Å². The fraction of sp³-hybridized carbons (Fsp3) is 0.643. The van der Waals surface area contributed by atoms with Gasteiger partial charge in [0.05, 0.1) is 11.0 Å². The Hall–Kier alpha value is -0.670. The highest BCUT2D eigenvalue weighted by Crippen LogP contribution is 2.26. The first-order valence-corrected chi connectivity index (χ1v) is 7.19. The molecule has 2 rings (SSSR count). The van der Waals surface area contributed by atoms with E-state index in [1.807, 2.05) is 19.1 Å². The Bertz CT molecular complexity index is 383. The van der Waals surface area contributed by atoms with Crippen molar-refractivity contribution in [3.8, 4) is 0 Å². The molecule has 1 heterocycles. The summed E-state index contributed by atoms with van der Waals surface area (Å²) in [6.07, 6.45) is 5.17. The van der Waals surface area contributed by atoms with E-state index >= 15 is 0 Å². The van der Waals surface area contributed by atoms with E-state index in [0.29, 0.717) is 5.92 Å². The predicted octanol–water partition coefficient (Wildman–Crippen LogP) is 3.83. The van der Waals surface area contributed by atoms with Crippen LogP contribution in [-0.2, 0) is 4.74 Å². The molecule has 0 radical (unpaired) electrons. The Morgan fingerprint density at radius 2 is 2.18 bits per heavy atom. The second-order valence-corrected chi connectivity index (χ2v) is 6.23. The molecule has 2 unspecified atom stereocenters. The standard InChI is InChI=1S/C14H20O2S/c1-10-5-3-4-6-13(10)16-9-12(15)14-8-7-11(2)17-14/h7-8,10,13H,3-6,9H2,1-2H3. The minimum Gasteiger partial charge on any atom is -0.370 e. The lowest BCUT2D eigenvalue weighted by Crippen LogP contribution is -2.27. The Morgan fingerprint density at radius 3 is 2.82 bits per heavy atom. The second-order valence-electron chi connectivity index (χ2n) is 4.94. The lowest BCUT2D eigenvalue weighted by molar-refractivity contribution is 0.000897. The van der Waals surface area contributed by atoms with Crippen molar-refractivity contribution < 1.29 is 9.53 Å². The molecule has 2 atom stereocenters. The quantitative estimate of drug-likeness (QED) is 0.761. The number of ketones is 1. The van der Waals surface area contributed by atoms with Gasteiger partial charge in [-0.1, -0.05) is 19.8 Å². The van der Waals surface area contributed by atoms with E-state index in [2.05, 4.69) is 6.92 Å². The molecule has 0 spiro atoms. The molecule has 1 aromatic heterocycles. The molecule has 94 valence electrons. The van der Waals surface area contributed by atoms with E-state index in [9.17, 15) is 4.79 Å². The summed E-state index contributed by atoms with van der Waals surface area (Å²) in [5, 5.41) is 0. The van der Waals surface area contributed by atoms with Crippen LogP contribution in [0.4, 0.5) is 0 Å². The summed E-state index contributed by atoms with van der Waals surface area (Å²) >= 11 is 1.55. The summed E-state index contributed by atoms with van der Waals surface area (Å²) in [7, 11) is 0. The Balaban J connectivity index is 1.83. The highest BCUT2D eigenvalue weighted by molar-refractivity contribution is 7.14. The van der Waals surface area contributed by atoms with Gasteiger partial charge in [0.1, 0.15) is 6.61 Å². The molecule has 1 aromatic rings. The number of thiophene rings is 1. The highest BCUT2D eigenvalue weighted by atomic mass is 32.1. The zero-order valence-electron chi connectivity index (χ0n) is 10.6. The maximum absolute atomic E-state index is 11.9. The smallest absolute Gasteiger partial charge is 0.198 e. The Morgan fingerprint density at radius 1 is 1.41 bits per heavy atom. The average Bonchev–Trinajstić information content (AvgIpc) is 2.74. The van der Waals surface area contributed by atoms with Crippen molar-refractivity contribution in [2.24, 2.45) is 5.92 Å². The monoisotopic (exact) mass is 252 g/mol. The number of rotatable bonds is 4. The SMILES string of the molecule is Cc1ccc(C(=O)COC2CCCCC2C)s1. The molecule has 1 aliphatic rings. The molecular formula is C14H20O2S. The third kappa shape index (κ3) is 3.39. The van der Waals surface area contributed by atoms with Crippen molar-refractivity contribution in [2.75, 3.05) is 6.61 Å². The van der Waals surface area contributed by atoms with Gasteiger partial charge >= 0.3 is 0 Å². The molecule has 0 N–H and O–H groups in total. The number of carbonyl (C=O) groups is 1. The number of hydrogen-bond acceptors (Lipinski definition) is 3. The first kappa shape index (κ1) is 12.8. The normalized spacial score (nSPS) is 24.8. The van der Waals surface area contributed by atoms with E-state index in [0.717, 1.165) is 11.3 Å². The van der Waals surface area contributed by atoms with Gasteiger partial charge in [0, 0.05) is 4.88 Å². The number of aryl methyl sites for hydroxylation is 1. The third-order valence-corrected chi connectivity index (χ3v) is 4.52. The zero-order chi connectivity index (χ0) is 12.3. The van der Waals surface area contributed by atoms with Crippen LogP contribution in [0.2, 0.25) is 0 Å². The van der Waals surface area contributed by atoms with Crippen molar-refractivity contribution in [2.45, 2.75) is 45.6 Å². The van der Waals surface area contributed by atoms with Gasteiger partial charge in [0.25, 0.3) is 0 Å². The molecule has 0 bridgehead atoms. The maximum atomic E-state index is 11.9. The van der Waals surface area contributed by atoms with E-state index in [-0.39, 0.29) is 18.5 Å². The minimum absolute atomic E-state index is 0.126. The summed E-state index contributed by atoms with van der Waals surface area (Å²) in [4.78, 5) is 13.9. The van der Waals surface area contributed by atoms with Crippen LogP contribution in [0, 0.1) is 12.8 Å². The molecule has 0 aromatic carbocycles. The van der Waals surface area contributed by atoms with Crippen molar-refractivity contribution in [1.82, 2.24) is 0 Å². The van der Waals surface area contributed by atoms with Gasteiger partial charge in [0.15, 0.2) is 5.78 Å². The molecule has 17 heavy (non-hydrogen) atoms. The van der Waals surface area contributed by atoms with Gasteiger partial charge in [-0.2, -0.15) is 0 Å². The number of hydrogen-bond donors (Lipinski definition) is 0. The predicted molar refractivity (Wildman–Crippen MR) is 70.8 cm³/mol. The fourth-order valence-electron chi connectivity index (χ4n) is 2.37. The number of carbonyl (C=O) groups excluding carboxylic acids is 1. The molecule has 1 fully saturated rings. The summed E-state index contributed by atoms with van der Waals surface area (Å²) in [5.41, 5.74) is 0. The summed E-state index contributed by atoms with van der Waals surface area (Å²) in [6, 6.07) is 3.89. The van der Waals surface area contributed by atoms with Crippen molar-refractivity contribution in [3.05, 3.63) is 21.9 Å². The van der Waals surface area contributed by atoms with Gasteiger partial charge in [0.2, 0.25) is 0 Å². The van der Waals surface area contributed by atoms with E-state index in [1.54, 1.807) is 11.3 Å². The topological polar surface area (TPSA) is 26.3 Å². The van der Waals surface area contributed by atoms with Crippen LogP contribution in [0.3, 0.4) is 0 Å². The summed E-state index contributed by atoms with van der Waals surface area (Å²) in [5.74, 6) is 0.725. The molecule has 0 aliphatic heterocycles. The first-order chi connectivity index (χ1) is 8.16. The van der Waals surface area contributed by atoms with Crippen LogP contribution in [0.25, 0.3) is 0 Å². The lowest BCUT2D eigenvalue weighted by atomic mass is 9.88. The van der Waals surface area contributed by atoms with Crippen molar-refractivity contribution in [3.63, 3.8) is 0 Å². The van der Waals surface area contributed by atoms with Crippen LogP contribution >= 0.6 is 11.3 Å². The van der Waals surface area contributed by atoms with E-state index in [1.165, 1.54) is 24.1 Å². The minimum atomic E-state index is 0.126. The van der Waals surface area contributed by atoms with Gasteiger partial charge < -0.3 is 4.74 Å². The van der Waals surface area contributed by atoms with Crippen LogP contribution in [-0.4, -0.2) is 18.5 Å². The van der Waals surface area contributed by atoms with Crippen LogP contribution in [0.15, 0.2) is 12.1 Å². The van der Waals surface area contributed by atoms with Crippen molar-refractivity contribution in [1.29, 1.82) is 0 Å². The zero-order valence-corrected chi connectivity index (χ0v) is 11.4. The van der Waals surface area contributed by atoms with E-state index < -0.39 is 0 Å². The highest BCUT2D eigenvalue weighted by Gasteiger charge is 2.22. The molecule has 1 saturated carbocycles. The first-order valence-electron chi connectivity index (χ1n) is 6.38. The van der Waals surface area contributed by atoms with Crippen molar-refractivity contribution >= 4 is 17.1 Å². The molecule has 2 nitrogen and oxygen atoms in total. The number of ether oxygens (including phenoxy) is 1. The molecule has 0 amide bonds. The Kier molecular flexibility index (Phi) is 4.35. The molecule has 1 aliphatic carbocycles. The van der Waals surface area contributed by atoms with Gasteiger partial charge in [-0.3, -0.25) is 4.79 Å². The van der Waals surface area contributed by atoms with Crippen LogP contribution in [0.5, 0.6) is 0 Å². The van der Waals surface area contributed by atoms with E-state index in [4.69, 9.17) is 4.74 Å². The largest absolute Gasteiger partial charge is 0.370 e. The average molecular weight is 252 g/mol. The molecular weight excluding hydrogens is 232 g/mol. The second kappa shape index (κ2) is 5.78. The molecule has 0 saturated heterocycles. The lowest BCUT2D eigenvalue weighted by Gasteiger charge is -2.28. The molecule has 3 heteroatoms.